The Labute approximate surface area is 148 Å². The summed E-state index contributed by atoms with van der Waals surface area (Å²) in [4.78, 5) is 16.1. The van der Waals surface area contributed by atoms with Crippen LogP contribution in [0.4, 0.5) is 18.9 Å². The molecule has 6 heteroatoms. The molecule has 134 valence electrons. The van der Waals surface area contributed by atoms with Gasteiger partial charge in [-0.05, 0) is 30.2 Å². The molecule has 0 radical (unpaired) electrons. The van der Waals surface area contributed by atoms with Crippen LogP contribution >= 0.6 is 0 Å². The Morgan fingerprint density at radius 2 is 1.81 bits per heavy atom. The number of halogens is 3. The lowest BCUT2D eigenvalue weighted by Crippen LogP contribution is -2.19. The highest BCUT2D eigenvalue weighted by Gasteiger charge is 2.31. The third-order valence-corrected chi connectivity index (χ3v) is 4.28. The molecule has 0 unspecified atom stereocenters. The number of carbonyl (C=O) groups is 1. The van der Waals surface area contributed by atoms with E-state index in [9.17, 15) is 23.1 Å². The van der Waals surface area contributed by atoms with Crippen LogP contribution in [-0.2, 0) is 11.0 Å². The van der Waals surface area contributed by atoms with Crippen LogP contribution in [0.2, 0.25) is 0 Å². The first kappa shape index (κ1) is 17.9. The van der Waals surface area contributed by atoms with Crippen LogP contribution in [0, 0.1) is 0 Å². The van der Waals surface area contributed by atoms with Gasteiger partial charge < -0.3 is 5.11 Å². The second-order valence-corrected chi connectivity index (χ2v) is 6.03. The van der Waals surface area contributed by atoms with Gasteiger partial charge in [-0.1, -0.05) is 36.4 Å². The molecule has 0 saturated carbocycles. The number of hydrogen-bond acceptors (Lipinski definition) is 3. The fraction of sp³-hybridized carbons (Fsp3) is 0.200. The quantitative estimate of drug-likeness (QED) is 0.750. The molecule has 2 aromatic rings. The third-order valence-electron chi connectivity index (χ3n) is 4.28. The van der Waals surface area contributed by atoms with E-state index in [-0.39, 0.29) is 35.1 Å². The molecule has 0 amide bonds. The number of rotatable bonds is 3. The summed E-state index contributed by atoms with van der Waals surface area (Å²) in [5.41, 5.74) is 0.169. The van der Waals surface area contributed by atoms with Gasteiger partial charge in [0.1, 0.15) is 5.76 Å². The van der Waals surface area contributed by atoms with E-state index in [2.05, 4.69) is 4.99 Å². The zero-order valence-electron chi connectivity index (χ0n) is 13.7. The van der Waals surface area contributed by atoms with Crippen molar-refractivity contribution in [1.82, 2.24) is 0 Å². The van der Waals surface area contributed by atoms with Crippen molar-refractivity contribution in [2.24, 2.45) is 4.99 Å². The minimum absolute atomic E-state index is 0.0440. The Bertz CT molecular complexity index is 870. The monoisotopic (exact) mass is 359 g/mol. The van der Waals surface area contributed by atoms with Crippen LogP contribution in [-0.4, -0.2) is 17.1 Å². The van der Waals surface area contributed by atoms with Crippen LogP contribution in [0.25, 0.3) is 0 Å². The Hall–Kier alpha value is -2.89. The number of nitrogens with zero attached hydrogens (tertiary/aromatic N) is 1. The van der Waals surface area contributed by atoms with Gasteiger partial charge in [-0.15, -0.1) is 0 Å². The van der Waals surface area contributed by atoms with Crippen LogP contribution in [0.3, 0.4) is 0 Å². The fourth-order valence-corrected chi connectivity index (χ4v) is 2.93. The molecular weight excluding hydrogens is 343 g/mol. The van der Waals surface area contributed by atoms with Gasteiger partial charge >= 0.3 is 6.18 Å². The number of aliphatic hydroxyl groups is 1. The molecule has 2 aromatic carbocycles. The molecule has 1 atom stereocenters. The zero-order chi connectivity index (χ0) is 18.7. The van der Waals surface area contributed by atoms with Crippen LogP contribution in [0.5, 0.6) is 0 Å². The van der Waals surface area contributed by atoms with E-state index in [0.717, 1.165) is 23.9 Å². The van der Waals surface area contributed by atoms with Gasteiger partial charge in [-0.3, -0.25) is 9.79 Å². The number of carbonyl (C=O) groups excluding carboxylic acids is 1. The molecule has 0 fully saturated rings. The maximum Gasteiger partial charge on any atom is 0.416 e. The predicted molar refractivity (Wildman–Crippen MR) is 92.7 cm³/mol. The van der Waals surface area contributed by atoms with Crippen LogP contribution < -0.4 is 0 Å². The summed E-state index contributed by atoms with van der Waals surface area (Å²) >= 11 is 0. The van der Waals surface area contributed by atoms with E-state index in [1.165, 1.54) is 12.1 Å². The van der Waals surface area contributed by atoms with Crippen molar-refractivity contribution in [1.29, 1.82) is 0 Å². The molecule has 26 heavy (non-hydrogen) atoms. The molecule has 0 aromatic heterocycles. The normalized spacial score (nSPS) is 18.6. The third kappa shape index (κ3) is 3.85. The number of allylic oxidation sites excluding steroid dienone is 2. The predicted octanol–water partition coefficient (Wildman–Crippen LogP) is 5.37. The van der Waals surface area contributed by atoms with Gasteiger partial charge in [0.25, 0.3) is 0 Å². The van der Waals surface area contributed by atoms with Gasteiger partial charge in [0, 0.05) is 18.6 Å². The molecule has 0 aliphatic heterocycles. The van der Waals surface area contributed by atoms with E-state index in [1.54, 1.807) is 0 Å². The minimum Gasteiger partial charge on any atom is -0.511 e. The molecule has 0 spiro atoms. The minimum atomic E-state index is -4.47. The highest BCUT2D eigenvalue weighted by atomic mass is 19.4. The largest absolute Gasteiger partial charge is 0.511 e. The van der Waals surface area contributed by atoms with Gasteiger partial charge in [0.15, 0.2) is 5.78 Å². The van der Waals surface area contributed by atoms with Crippen LogP contribution in [0.15, 0.2) is 70.9 Å². The van der Waals surface area contributed by atoms with Gasteiger partial charge in [0.2, 0.25) is 0 Å². The summed E-state index contributed by atoms with van der Waals surface area (Å²) in [6, 6.07) is 13.8. The maximum atomic E-state index is 12.8. The van der Waals surface area contributed by atoms with Crippen molar-refractivity contribution in [3.63, 3.8) is 0 Å². The number of aliphatic hydroxyl groups excluding tert-OH is 1. The standard InChI is InChI=1S/C20H16F3NO2/c21-20(22,23)14-7-4-8-15(11-14)24-12-17-18(25)10-9-16(19(17)26)13-5-2-1-3-6-13/h1-8,11-12,16,26H,9-10H2/t16-/m0/s1. The first-order chi connectivity index (χ1) is 12.4. The number of alkyl halides is 3. The number of hydrogen-bond donors (Lipinski definition) is 1. The Morgan fingerprint density at radius 3 is 2.50 bits per heavy atom. The fourth-order valence-electron chi connectivity index (χ4n) is 2.93. The Balaban J connectivity index is 1.92. The maximum absolute atomic E-state index is 12.8. The molecule has 3 nitrogen and oxygen atoms in total. The van der Waals surface area contributed by atoms with Gasteiger partial charge in [0.05, 0.1) is 16.8 Å². The van der Waals surface area contributed by atoms with E-state index in [1.807, 2.05) is 30.3 Å². The van der Waals surface area contributed by atoms with Crippen LogP contribution in [0.1, 0.15) is 29.9 Å². The van der Waals surface area contributed by atoms with E-state index >= 15 is 0 Å². The lowest BCUT2D eigenvalue weighted by Gasteiger charge is -2.22. The summed E-state index contributed by atoms with van der Waals surface area (Å²) in [5.74, 6) is -0.689. The molecule has 1 N–H and O–H groups in total. The summed E-state index contributed by atoms with van der Waals surface area (Å²) in [7, 11) is 0. The average molecular weight is 359 g/mol. The SMILES string of the molecule is O=C1CC[C@@H](c2ccccc2)C(O)=C1C=Nc1cccc(C(F)(F)F)c1. The lowest BCUT2D eigenvalue weighted by atomic mass is 9.83. The molecule has 0 saturated heterocycles. The number of aliphatic imine (C=N–C) groups is 1. The molecule has 1 aliphatic rings. The van der Waals surface area contributed by atoms with Crippen molar-refractivity contribution < 1.29 is 23.1 Å². The molecule has 0 heterocycles. The Kier molecular flexibility index (Phi) is 4.93. The lowest BCUT2D eigenvalue weighted by molar-refractivity contribution is -0.137. The zero-order valence-corrected chi connectivity index (χ0v) is 13.7. The second-order valence-electron chi connectivity index (χ2n) is 6.03. The molecular formula is C20H16F3NO2. The molecule has 3 rings (SSSR count). The van der Waals surface area contributed by atoms with Crippen molar-refractivity contribution in [2.45, 2.75) is 24.9 Å². The summed E-state index contributed by atoms with van der Waals surface area (Å²) in [6.45, 7) is 0. The van der Waals surface area contributed by atoms with Crippen molar-refractivity contribution in [2.75, 3.05) is 0 Å². The molecule has 1 aliphatic carbocycles. The highest BCUT2D eigenvalue weighted by Crippen LogP contribution is 2.35. The van der Waals surface area contributed by atoms with E-state index in [4.69, 9.17) is 0 Å². The van der Waals surface area contributed by atoms with E-state index in [0.29, 0.717) is 6.42 Å². The number of benzene rings is 2. The summed E-state index contributed by atoms with van der Waals surface area (Å²) < 4.78 is 38.3. The smallest absolute Gasteiger partial charge is 0.416 e. The second kappa shape index (κ2) is 7.15. The highest BCUT2D eigenvalue weighted by molar-refractivity contribution is 6.14. The summed E-state index contributed by atoms with van der Waals surface area (Å²) in [5, 5.41) is 10.5. The number of ketones is 1. The van der Waals surface area contributed by atoms with Crippen molar-refractivity contribution in [3.05, 3.63) is 77.1 Å². The summed E-state index contributed by atoms with van der Waals surface area (Å²) in [6.07, 6.45) is -2.59. The average Bonchev–Trinajstić information content (AvgIpc) is 2.62. The number of Topliss-reactive ketones (excluding diaryl/α,β-unsaturated/α-hetero) is 1. The van der Waals surface area contributed by atoms with Gasteiger partial charge in [-0.2, -0.15) is 13.2 Å². The molecule has 0 bridgehead atoms. The topological polar surface area (TPSA) is 49.7 Å². The van der Waals surface area contributed by atoms with Gasteiger partial charge in [-0.25, -0.2) is 0 Å². The van der Waals surface area contributed by atoms with Crippen molar-refractivity contribution in [3.8, 4) is 0 Å². The van der Waals surface area contributed by atoms with Crippen molar-refractivity contribution >= 4 is 17.7 Å². The van der Waals surface area contributed by atoms with E-state index < -0.39 is 11.7 Å². The Morgan fingerprint density at radius 1 is 1.08 bits per heavy atom. The first-order valence-electron chi connectivity index (χ1n) is 8.09. The first-order valence-corrected chi connectivity index (χ1v) is 8.09.